The van der Waals surface area contributed by atoms with Crippen molar-refractivity contribution in [1.82, 2.24) is 15.1 Å². The summed E-state index contributed by atoms with van der Waals surface area (Å²) in [4.78, 5) is 29.0. The zero-order valence-electron chi connectivity index (χ0n) is 15.3. The summed E-state index contributed by atoms with van der Waals surface area (Å²) in [6.07, 6.45) is 8.02. The van der Waals surface area contributed by atoms with E-state index in [1.165, 1.54) is 25.7 Å². The molecule has 0 bridgehead atoms. The van der Waals surface area contributed by atoms with Gasteiger partial charge in [-0.15, -0.1) is 0 Å². The van der Waals surface area contributed by atoms with Crippen molar-refractivity contribution in [2.75, 3.05) is 26.2 Å². The van der Waals surface area contributed by atoms with Crippen LogP contribution < -0.4 is 5.32 Å². The molecule has 1 heterocycles. The number of carbonyl (C=O) groups is 2. The van der Waals surface area contributed by atoms with Crippen LogP contribution in [0.4, 0.5) is 0 Å². The lowest BCUT2D eigenvalue weighted by atomic mass is 10.0. The molecule has 0 radical (unpaired) electrons. The molecule has 1 N–H and O–H groups in total. The van der Waals surface area contributed by atoms with Crippen LogP contribution in [0.25, 0.3) is 0 Å². The standard InChI is InChI=1S/C19H33N3O2/c1-14(16-7-8-16)13-18(23)22-11-9-21(10-12-22)15(2)19(24)20-17-5-3-4-6-17/h14-17H,3-13H2,1-2H3,(H,20,24)/t14-,15+/m0/s1. The molecule has 0 unspecified atom stereocenters. The molecule has 0 aromatic heterocycles. The van der Waals surface area contributed by atoms with Gasteiger partial charge >= 0.3 is 0 Å². The predicted molar refractivity (Wildman–Crippen MR) is 94.5 cm³/mol. The van der Waals surface area contributed by atoms with Gasteiger partial charge in [0.25, 0.3) is 0 Å². The summed E-state index contributed by atoms with van der Waals surface area (Å²) in [6, 6.07) is 0.292. The van der Waals surface area contributed by atoms with Gasteiger partial charge < -0.3 is 10.2 Å². The number of rotatable bonds is 6. The monoisotopic (exact) mass is 335 g/mol. The molecule has 3 fully saturated rings. The Kier molecular flexibility index (Phi) is 5.80. The van der Waals surface area contributed by atoms with Crippen molar-refractivity contribution in [3.05, 3.63) is 0 Å². The minimum absolute atomic E-state index is 0.0896. The third kappa shape index (κ3) is 4.50. The topological polar surface area (TPSA) is 52.7 Å². The Labute approximate surface area is 146 Å². The highest BCUT2D eigenvalue weighted by atomic mass is 16.2. The lowest BCUT2D eigenvalue weighted by Gasteiger charge is -2.38. The molecule has 2 aliphatic carbocycles. The largest absolute Gasteiger partial charge is 0.352 e. The number of nitrogens with zero attached hydrogens (tertiary/aromatic N) is 2. The lowest BCUT2D eigenvalue weighted by Crippen LogP contribution is -2.55. The van der Waals surface area contributed by atoms with Crippen molar-refractivity contribution in [1.29, 1.82) is 0 Å². The molecule has 1 aliphatic heterocycles. The smallest absolute Gasteiger partial charge is 0.237 e. The number of nitrogens with one attached hydrogen (secondary N) is 1. The normalized spacial score (nSPS) is 25.5. The van der Waals surface area contributed by atoms with Crippen molar-refractivity contribution in [2.45, 2.75) is 70.9 Å². The van der Waals surface area contributed by atoms with E-state index in [-0.39, 0.29) is 11.9 Å². The highest BCUT2D eigenvalue weighted by Crippen LogP contribution is 2.38. The molecule has 3 aliphatic rings. The fraction of sp³-hybridized carbons (Fsp3) is 0.895. The van der Waals surface area contributed by atoms with Gasteiger partial charge in [0.2, 0.25) is 11.8 Å². The molecule has 1 saturated heterocycles. The van der Waals surface area contributed by atoms with Crippen molar-refractivity contribution in [3.8, 4) is 0 Å². The molecule has 0 spiro atoms. The van der Waals surface area contributed by atoms with Crippen LogP contribution in [0.15, 0.2) is 0 Å². The van der Waals surface area contributed by atoms with Crippen LogP contribution in [0.3, 0.4) is 0 Å². The van der Waals surface area contributed by atoms with Crippen molar-refractivity contribution in [3.63, 3.8) is 0 Å². The van der Waals surface area contributed by atoms with Crippen molar-refractivity contribution >= 4 is 11.8 Å². The van der Waals surface area contributed by atoms with Gasteiger partial charge in [0.15, 0.2) is 0 Å². The minimum Gasteiger partial charge on any atom is -0.352 e. The number of piperazine rings is 1. The molecule has 5 heteroatoms. The third-order valence-corrected chi connectivity index (χ3v) is 6.22. The molecule has 2 atom stereocenters. The molecule has 3 rings (SSSR count). The second-order valence-electron chi connectivity index (χ2n) is 8.10. The average Bonchev–Trinajstić information content (AvgIpc) is 3.32. The van der Waals surface area contributed by atoms with Gasteiger partial charge in [0.05, 0.1) is 6.04 Å². The van der Waals surface area contributed by atoms with Crippen LogP contribution in [-0.2, 0) is 9.59 Å². The molecule has 2 amide bonds. The summed E-state index contributed by atoms with van der Waals surface area (Å²) in [5.41, 5.74) is 0. The van der Waals surface area contributed by atoms with Gasteiger partial charge in [-0.2, -0.15) is 0 Å². The van der Waals surface area contributed by atoms with Gasteiger partial charge in [-0.3, -0.25) is 14.5 Å². The summed E-state index contributed by atoms with van der Waals surface area (Å²) in [5.74, 6) is 1.78. The second kappa shape index (κ2) is 7.85. The van der Waals surface area contributed by atoms with E-state index in [9.17, 15) is 9.59 Å². The Bertz CT molecular complexity index is 450. The van der Waals surface area contributed by atoms with E-state index >= 15 is 0 Å². The van der Waals surface area contributed by atoms with Gasteiger partial charge in [-0.05, 0) is 44.4 Å². The molecule has 24 heavy (non-hydrogen) atoms. The molecular weight excluding hydrogens is 302 g/mol. The highest BCUT2D eigenvalue weighted by Gasteiger charge is 2.32. The molecular formula is C19H33N3O2. The first-order chi connectivity index (χ1) is 11.5. The minimum atomic E-state index is -0.0896. The first kappa shape index (κ1) is 17.7. The highest BCUT2D eigenvalue weighted by molar-refractivity contribution is 5.81. The Hall–Kier alpha value is -1.10. The molecule has 0 aromatic rings. The lowest BCUT2D eigenvalue weighted by molar-refractivity contribution is -0.135. The zero-order chi connectivity index (χ0) is 17.1. The number of hydrogen-bond acceptors (Lipinski definition) is 3. The SMILES string of the molecule is C[C@H](C(=O)NC1CCCC1)N1CCN(C(=O)C[C@H](C)C2CC2)CC1. The fourth-order valence-corrected chi connectivity index (χ4v) is 4.15. The van der Waals surface area contributed by atoms with Gasteiger partial charge in [-0.25, -0.2) is 0 Å². The average molecular weight is 335 g/mol. The van der Waals surface area contributed by atoms with Gasteiger partial charge in [-0.1, -0.05) is 19.8 Å². The zero-order valence-corrected chi connectivity index (χ0v) is 15.3. The first-order valence-electron chi connectivity index (χ1n) is 9.87. The predicted octanol–water partition coefficient (Wildman–Crippen LogP) is 2.01. The van der Waals surface area contributed by atoms with Crippen LogP contribution >= 0.6 is 0 Å². The first-order valence-corrected chi connectivity index (χ1v) is 9.87. The van der Waals surface area contributed by atoms with Gasteiger partial charge in [0, 0.05) is 38.6 Å². The molecule has 136 valence electrons. The Morgan fingerprint density at radius 3 is 2.21 bits per heavy atom. The van der Waals surface area contributed by atoms with E-state index in [0.29, 0.717) is 24.3 Å². The van der Waals surface area contributed by atoms with Crippen LogP contribution in [0.5, 0.6) is 0 Å². The second-order valence-corrected chi connectivity index (χ2v) is 8.10. The van der Waals surface area contributed by atoms with E-state index in [4.69, 9.17) is 0 Å². The fourth-order valence-electron chi connectivity index (χ4n) is 4.15. The van der Waals surface area contributed by atoms with Gasteiger partial charge in [0.1, 0.15) is 0 Å². The Morgan fingerprint density at radius 2 is 1.62 bits per heavy atom. The maximum atomic E-state index is 12.4. The number of amides is 2. The summed E-state index contributed by atoms with van der Waals surface area (Å²) >= 11 is 0. The van der Waals surface area contributed by atoms with E-state index in [2.05, 4.69) is 17.1 Å². The summed E-state index contributed by atoms with van der Waals surface area (Å²) in [7, 11) is 0. The maximum absolute atomic E-state index is 12.4. The van der Waals surface area contributed by atoms with Crippen LogP contribution in [0, 0.1) is 11.8 Å². The Balaban J connectivity index is 1.40. The number of hydrogen-bond donors (Lipinski definition) is 1. The van der Waals surface area contributed by atoms with E-state index in [1.54, 1.807) is 0 Å². The van der Waals surface area contributed by atoms with Crippen LogP contribution in [-0.4, -0.2) is 59.9 Å². The third-order valence-electron chi connectivity index (χ3n) is 6.22. The van der Waals surface area contributed by atoms with E-state index in [0.717, 1.165) is 44.9 Å². The molecule has 2 saturated carbocycles. The van der Waals surface area contributed by atoms with Crippen molar-refractivity contribution in [2.24, 2.45) is 11.8 Å². The van der Waals surface area contributed by atoms with Crippen LogP contribution in [0.1, 0.15) is 58.8 Å². The molecule has 5 nitrogen and oxygen atoms in total. The Morgan fingerprint density at radius 1 is 1.00 bits per heavy atom. The summed E-state index contributed by atoms with van der Waals surface area (Å²) < 4.78 is 0. The van der Waals surface area contributed by atoms with E-state index in [1.807, 2.05) is 11.8 Å². The maximum Gasteiger partial charge on any atom is 0.237 e. The van der Waals surface area contributed by atoms with E-state index < -0.39 is 0 Å². The molecule has 0 aromatic carbocycles. The quantitative estimate of drug-likeness (QED) is 0.808. The summed E-state index contributed by atoms with van der Waals surface area (Å²) in [6.45, 7) is 7.35. The number of carbonyl (C=O) groups excluding carboxylic acids is 2. The van der Waals surface area contributed by atoms with Crippen molar-refractivity contribution < 1.29 is 9.59 Å². The van der Waals surface area contributed by atoms with Crippen LogP contribution in [0.2, 0.25) is 0 Å². The summed E-state index contributed by atoms with van der Waals surface area (Å²) in [5, 5.41) is 3.19.